The fourth-order valence-electron chi connectivity index (χ4n) is 2.38. The molecule has 20 heavy (non-hydrogen) atoms. The van der Waals surface area contributed by atoms with Gasteiger partial charge in [-0.15, -0.1) is 0 Å². The van der Waals surface area contributed by atoms with E-state index in [4.69, 9.17) is 15.2 Å². The Labute approximate surface area is 126 Å². The Kier molecular flexibility index (Phi) is 3.94. The van der Waals surface area contributed by atoms with Gasteiger partial charge in [0.15, 0.2) is 0 Å². The van der Waals surface area contributed by atoms with Gasteiger partial charge in [0.25, 0.3) is 0 Å². The molecular formula is C16H16BrNO2. The number of hydrogen-bond donors (Lipinski definition) is 1. The molecule has 0 aliphatic carbocycles. The molecule has 104 valence electrons. The lowest BCUT2D eigenvalue weighted by Crippen LogP contribution is -2.00. The molecule has 1 aliphatic heterocycles. The number of rotatable bonds is 4. The van der Waals surface area contributed by atoms with Crippen LogP contribution in [0.4, 0.5) is 0 Å². The highest BCUT2D eigenvalue weighted by Crippen LogP contribution is 2.33. The summed E-state index contributed by atoms with van der Waals surface area (Å²) in [6, 6.07) is 12.0. The second kappa shape index (κ2) is 5.85. The highest BCUT2D eigenvalue weighted by molar-refractivity contribution is 9.10. The Bertz CT molecular complexity index is 628. The van der Waals surface area contributed by atoms with Crippen LogP contribution in [-0.2, 0) is 19.6 Å². The normalized spacial score (nSPS) is 12.9. The molecular weight excluding hydrogens is 318 g/mol. The smallest absolute Gasteiger partial charge is 0.129 e. The second-order valence-corrected chi connectivity index (χ2v) is 5.71. The van der Waals surface area contributed by atoms with Crippen molar-refractivity contribution in [3.8, 4) is 11.5 Å². The SMILES string of the molecule is NCc1cccc(OCc2cc(Br)cc3c2OCC3)c1. The third-order valence-corrected chi connectivity index (χ3v) is 3.81. The van der Waals surface area contributed by atoms with E-state index in [1.165, 1.54) is 5.56 Å². The van der Waals surface area contributed by atoms with Crippen LogP contribution < -0.4 is 15.2 Å². The average molecular weight is 334 g/mol. The number of ether oxygens (including phenoxy) is 2. The van der Waals surface area contributed by atoms with E-state index >= 15 is 0 Å². The van der Waals surface area contributed by atoms with E-state index in [0.717, 1.165) is 40.1 Å². The van der Waals surface area contributed by atoms with Gasteiger partial charge in [-0.05, 0) is 35.4 Å². The van der Waals surface area contributed by atoms with Crippen LogP contribution in [0.1, 0.15) is 16.7 Å². The number of hydrogen-bond acceptors (Lipinski definition) is 3. The van der Waals surface area contributed by atoms with Crippen molar-refractivity contribution >= 4 is 15.9 Å². The maximum atomic E-state index is 5.86. The fourth-order valence-corrected chi connectivity index (χ4v) is 2.93. The van der Waals surface area contributed by atoms with E-state index in [2.05, 4.69) is 28.1 Å². The van der Waals surface area contributed by atoms with Crippen molar-refractivity contribution in [1.29, 1.82) is 0 Å². The minimum absolute atomic E-state index is 0.496. The van der Waals surface area contributed by atoms with Crippen molar-refractivity contribution in [1.82, 2.24) is 0 Å². The molecule has 0 bridgehead atoms. The Morgan fingerprint density at radius 1 is 1.25 bits per heavy atom. The molecule has 4 heteroatoms. The lowest BCUT2D eigenvalue weighted by molar-refractivity contribution is 0.291. The molecule has 1 heterocycles. The van der Waals surface area contributed by atoms with E-state index in [1.807, 2.05) is 24.3 Å². The molecule has 3 rings (SSSR count). The predicted octanol–water partition coefficient (Wildman–Crippen LogP) is 3.42. The Hall–Kier alpha value is -1.52. The summed E-state index contributed by atoms with van der Waals surface area (Å²) in [5.74, 6) is 1.81. The summed E-state index contributed by atoms with van der Waals surface area (Å²) in [7, 11) is 0. The molecule has 0 aromatic heterocycles. The standard InChI is InChI=1S/C16H16BrNO2/c17-14-7-12-4-5-19-16(12)13(8-14)10-20-15-3-1-2-11(6-15)9-18/h1-3,6-8H,4-5,9-10,18H2. The average Bonchev–Trinajstić information content (AvgIpc) is 2.93. The van der Waals surface area contributed by atoms with Gasteiger partial charge in [0.2, 0.25) is 0 Å². The molecule has 2 N–H and O–H groups in total. The summed E-state index contributed by atoms with van der Waals surface area (Å²) in [5.41, 5.74) is 9.02. The van der Waals surface area contributed by atoms with Crippen molar-refractivity contribution in [3.63, 3.8) is 0 Å². The quantitative estimate of drug-likeness (QED) is 0.932. The highest BCUT2D eigenvalue weighted by Gasteiger charge is 2.17. The largest absolute Gasteiger partial charge is 0.493 e. The van der Waals surface area contributed by atoms with Crippen LogP contribution in [0, 0.1) is 0 Å². The third kappa shape index (κ3) is 2.81. The van der Waals surface area contributed by atoms with E-state index in [1.54, 1.807) is 0 Å². The zero-order valence-corrected chi connectivity index (χ0v) is 12.7. The third-order valence-electron chi connectivity index (χ3n) is 3.35. The van der Waals surface area contributed by atoms with E-state index in [9.17, 15) is 0 Å². The van der Waals surface area contributed by atoms with Gasteiger partial charge in [0.05, 0.1) is 6.61 Å². The summed E-state index contributed by atoms with van der Waals surface area (Å²) in [6.07, 6.45) is 0.963. The van der Waals surface area contributed by atoms with Gasteiger partial charge in [0.1, 0.15) is 18.1 Å². The summed E-state index contributed by atoms with van der Waals surface area (Å²) >= 11 is 3.54. The highest BCUT2D eigenvalue weighted by atomic mass is 79.9. The maximum Gasteiger partial charge on any atom is 0.129 e. The van der Waals surface area contributed by atoms with Crippen molar-refractivity contribution in [2.24, 2.45) is 5.73 Å². The number of halogens is 1. The molecule has 0 radical (unpaired) electrons. The molecule has 1 aliphatic rings. The second-order valence-electron chi connectivity index (χ2n) is 4.79. The summed E-state index contributed by atoms with van der Waals surface area (Å²) < 4.78 is 12.6. The molecule has 0 amide bonds. The van der Waals surface area contributed by atoms with Crippen LogP contribution in [0.25, 0.3) is 0 Å². The Morgan fingerprint density at radius 2 is 2.15 bits per heavy atom. The molecule has 0 atom stereocenters. The zero-order chi connectivity index (χ0) is 13.9. The van der Waals surface area contributed by atoms with E-state index < -0.39 is 0 Å². The van der Waals surface area contributed by atoms with Gasteiger partial charge in [-0.3, -0.25) is 0 Å². The topological polar surface area (TPSA) is 44.5 Å². The Balaban J connectivity index is 1.78. The zero-order valence-electron chi connectivity index (χ0n) is 11.1. The number of nitrogens with two attached hydrogens (primary N) is 1. The van der Waals surface area contributed by atoms with Crippen molar-refractivity contribution < 1.29 is 9.47 Å². The minimum Gasteiger partial charge on any atom is -0.493 e. The monoisotopic (exact) mass is 333 g/mol. The van der Waals surface area contributed by atoms with Crippen molar-refractivity contribution in [3.05, 3.63) is 57.6 Å². The van der Waals surface area contributed by atoms with E-state index in [-0.39, 0.29) is 0 Å². The minimum atomic E-state index is 0.496. The van der Waals surface area contributed by atoms with Gasteiger partial charge < -0.3 is 15.2 Å². The molecule has 0 spiro atoms. The van der Waals surface area contributed by atoms with Gasteiger partial charge >= 0.3 is 0 Å². The maximum absolute atomic E-state index is 5.86. The summed E-state index contributed by atoms with van der Waals surface area (Å²) in [6.45, 7) is 1.77. The fraction of sp³-hybridized carbons (Fsp3) is 0.250. The molecule has 0 fully saturated rings. The van der Waals surface area contributed by atoms with Crippen molar-refractivity contribution in [2.45, 2.75) is 19.6 Å². The van der Waals surface area contributed by atoms with Gasteiger partial charge in [0, 0.05) is 23.0 Å². The van der Waals surface area contributed by atoms with Crippen LogP contribution in [0.2, 0.25) is 0 Å². The first-order valence-electron chi connectivity index (χ1n) is 6.62. The molecule has 2 aromatic carbocycles. The molecule has 0 saturated heterocycles. The number of benzene rings is 2. The molecule has 2 aromatic rings. The van der Waals surface area contributed by atoms with E-state index in [0.29, 0.717) is 13.2 Å². The first-order valence-corrected chi connectivity index (χ1v) is 7.41. The Morgan fingerprint density at radius 3 is 3.00 bits per heavy atom. The van der Waals surface area contributed by atoms with Crippen LogP contribution in [0.15, 0.2) is 40.9 Å². The van der Waals surface area contributed by atoms with Crippen molar-refractivity contribution in [2.75, 3.05) is 6.61 Å². The molecule has 0 saturated carbocycles. The molecule has 0 unspecified atom stereocenters. The summed E-state index contributed by atoms with van der Waals surface area (Å²) in [4.78, 5) is 0. The van der Waals surface area contributed by atoms with Crippen LogP contribution >= 0.6 is 15.9 Å². The molecule has 3 nitrogen and oxygen atoms in total. The lowest BCUT2D eigenvalue weighted by Gasteiger charge is -2.11. The summed E-state index contributed by atoms with van der Waals surface area (Å²) in [5, 5.41) is 0. The number of fused-ring (bicyclic) bond motifs is 1. The van der Waals surface area contributed by atoms with Crippen LogP contribution in [0.5, 0.6) is 11.5 Å². The van der Waals surface area contributed by atoms with Crippen LogP contribution in [0.3, 0.4) is 0 Å². The lowest BCUT2D eigenvalue weighted by atomic mass is 10.1. The van der Waals surface area contributed by atoms with Gasteiger partial charge in [-0.2, -0.15) is 0 Å². The van der Waals surface area contributed by atoms with Gasteiger partial charge in [-0.25, -0.2) is 0 Å². The first kappa shape index (κ1) is 13.5. The predicted molar refractivity (Wildman–Crippen MR) is 82.0 cm³/mol. The van der Waals surface area contributed by atoms with Gasteiger partial charge in [-0.1, -0.05) is 28.1 Å². The van der Waals surface area contributed by atoms with Crippen LogP contribution in [-0.4, -0.2) is 6.61 Å². The first-order chi connectivity index (χ1) is 9.76.